The first-order valence-electron chi connectivity index (χ1n) is 6.08. The Kier molecular flexibility index (Phi) is 1.95. The smallest absolute Gasteiger partial charge is 0.306 e. The minimum absolute atomic E-state index is 0.137. The van der Waals surface area contributed by atoms with Gasteiger partial charge in [0.25, 0.3) is 0 Å². The molecule has 3 rings (SSSR count). The van der Waals surface area contributed by atoms with Crippen molar-refractivity contribution in [1.29, 1.82) is 0 Å². The lowest BCUT2D eigenvalue weighted by atomic mass is 9.71. The van der Waals surface area contributed by atoms with Gasteiger partial charge in [-0.1, -0.05) is 19.1 Å². The zero-order valence-electron chi connectivity index (χ0n) is 9.10. The Balaban J connectivity index is 1.79. The van der Waals surface area contributed by atoms with Gasteiger partial charge >= 0.3 is 5.97 Å². The Morgan fingerprint density at radius 3 is 2.93 bits per heavy atom. The average Bonchev–Trinajstić information content (AvgIpc) is 2.87. The van der Waals surface area contributed by atoms with Crippen LogP contribution in [0.3, 0.4) is 0 Å². The number of hydrogen-bond donors (Lipinski definition) is 1. The Hall–Kier alpha value is -0.790. The second kappa shape index (κ2) is 3.10. The molecule has 2 heteroatoms. The largest absolute Gasteiger partial charge is 0.481 e. The van der Waals surface area contributed by atoms with E-state index in [1.165, 1.54) is 12.8 Å². The van der Waals surface area contributed by atoms with Crippen LogP contribution in [0.2, 0.25) is 0 Å². The molecule has 0 spiro atoms. The first kappa shape index (κ1) is 9.44. The van der Waals surface area contributed by atoms with Gasteiger partial charge in [-0.25, -0.2) is 0 Å². The lowest BCUT2D eigenvalue weighted by molar-refractivity contribution is -0.144. The number of aliphatic carboxylic acids is 1. The minimum Gasteiger partial charge on any atom is -0.481 e. The molecular weight excluding hydrogens is 188 g/mol. The molecule has 0 aromatic rings. The Bertz CT molecular complexity index is 320. The van der Waals surface area contributed by atoms with E-state index in [-0.39, 0.29) is 5.92 Å². The van der Waals surface area contributed by atoms with E-state index in [1.54, 1.807) is 0 Å². The molecule has 82 valence electrons. The van der Waals surface area contributed by atoms with Gasteiger partial charge < -0.3 is 5.11 Å². The molecular formula is C13H18O2. The molecule has 0 amide bonds. The van der Waals surface area contributed by atoms with E-state index in [9.17, 15) is 4.79 Å². The number of fused-ring (bicyclic) bond motifs is 5. The Morgan fingerprint density at radius 2 is 2.20 bits per heavy atom. The number of hydrogen-bond acceptors (Lipinski definition) is 1. The summed E-state index contributed by atoms with van der Waals surface area (Å²) in [5.41, 5.74) is 0. The van der Waals surface area contributed by atoms with Crippen molar-refractivity contribution in [2.24, 2.45) is 35.5 Å². The first-order valence-corrected chi connectivity index (χ1v) is 6.08. The summed E-state index contributed by atoms with van der Waals surface area (Å²) in [7, 11) is 0. The van der Waals surface area contributed by atoms with Gasteiger partial charge in [-0.3, -0.25) is 4.79 Å². The summed E-state index contributed by atoms with van der Waals surface area (Å²) in [5.74, 6) is 2.79. The Morgan fingerprint density at radius 1 is 1.40 bits per heavy atom. The molecule has 2 bridgehead atoms. The van der Waals surface area contributed by atoms with Crippen molar-refractivity contribution < 1.29 is 9.90 Å². The van der Waals surface area contributed by atoms with E-state index in [0.29, 0.717) is 11.8 Å². The molecule has 3 aliphatic carbocycles. The van der Waals surface area contributed by atoms with E-state index in [2.05, 4.69) is 12.2 Å². The second-order valence-corrected chi connectivity index (χ2v) is 5.59. The average molecular weight is 206 g/mol. The topological polar surface area (TPSA) is 37.3 Å². The van der Waals surface area contributed by atoms with E-state index in [4.69, 9.17) is 5.11 Å². The van der Waals surface area contributed by atoms with Crippen molar-refractivity contribution in [1.82, 2.24) is 0 Å². The zero-order valence-corrected chi connectivity index (χ0v) is 9.10. The van der Waals surface area contributed by atoms with Gasteiger partial charge in [-0.05, 0) is 48.9 Å². The zero-order chi connectivity index (χ0) is 10.6. The third-order valence-electron chi connectivity index (χ3n) is 5.09. The van der Waals surface area contributed by atoms with Crippen LogP contribution in [0.1, 0.15) is 26.2 Å². The predicted molar refractivity (Wildman–Crippen MR) is 57.2 cm³/mol. The van der Waals surface area contributed by atoms with Crippen LogP contribution >= 0.6 is 0 Å². The molecule has 1 N–H and O–H groups in total. The highest BCUT2D eigenvalue weighted by molar-refractivity contribution is 5.70. The number of carbonyl (C=O) groups is 1. The van der Waals surface area contributed by atoms with Crippen molar-refractivity contribution in [2.45, 2.75) is 26.2 Å². The molecule has 6 unspecified atom stereocenters. The maximum absolute atomic E-state index is 11.0. The molecule has 2 saturated carbocycles. The van der Waals surface area contributed by atoms with Crippen molar-refractivity contribution in [2.75, 3.05) is 0 Å². The predicted octanol–water partition coefficient (Wildman–Crippen LogP) is 2.56. The third kappa shape index (κ3) is 1.20. The van der Waals surface area contributed by atoms with E-state index >= 15 is 0 Å². The maximum atomic E-state index is 11.0. The normalized spacial score (nSPS) is 48.2. The summed E-state index contributed by atoms with van der Waals surface area (Å²) >= 11 is 0. The highest BCUT2D eigenvalue weighted by Crippen LogP contribution is 2.60. The molecule has 0 heterocycles. The van der Waals surface area contributed by atoms with Gasteiger partial charge in [0.15, 0.2) is 0 Å². The van der Waals surface area contributed by atoms with Crippen molar-refractivity contribution >= 4 is 5.97 Å². The molecule has 0 radical (unpaired) electrons. The summed E-state index contributed by atoms with van der Waals surface area (Å²) in [6, 6.07) is 0. The van der Waals surface area contributed by atoms with Gasteiger partial charge in [0.05, 0.1) is 5.92 Å². The number of allylic oxidation sites excluding steroid dienone is 2. The number of carboxylic acids is 1. The summed E-state index contributed by atoms with van der Waals surface area (Å²) in [6.07, 6.45) is 8.35. The maximum Gasteiger partial charge on any atom is 0.306 e. The third-order valence-corrected chi connectivity index (χ3v) is 5.09. The van der Waals surface area contributed by atoms with E-state index in [0.717, 1.165) is 24.2 Å². The van der Waals surface area contributed by atoms with Crippen LogP contribution in [0.15, 0.2) is 12.2 Å². The molecule has 15 heavy (non-hydrogen) atoms. The fraction of sp³-hybridized carbons (Fsp3) is 0.769. The summed E-state index contributed by atoms with van der Waals surface area (Å²) < 4.78 is 0. The highest BCUT2D eigenvalue weighted by Gasteiger charge is 2.54. The molecule has 2 nitrogen and oxygen atoms in total. The highest BCUT2D eigenvalue weighted by atomic mass is 16.4. The molecule has 0 saturated heterocycles. The monoisotopic (exact) mass is 206 g/mol. The van der Waals surface area contributed by atoms with Crippen LogP contribution in [0, 0.1) is 35.5 Å². The Labute approximate surface area is 90.4 Å². The molecule has 0 aliphatic heterocycles. The SMILES string of the molecule is CC(C(=O)O)C1CC2CC1C1CC=CC21. The van der Waals surface area contributed by atoms with Crippen molar-refractivity contribution in [3.8, 4) is 0 Å². The van der Waals surface area contributed by atoms with Gasteiger partial charge in [-0.15, -0.1) is 0 Å². The van der Waals surface area contributed by atoms with Crippen LogP contribution in [0.4, 0.5) is 0 Å². The van der Waals surface area contributed by atoms with Crippen LogP contribution in [-0.2, 0) is 4.79 Å². The van der Waals surface area contributed by atoms with Crippen molar-refractivity contribution in [3.05, 3.63) is 12.2 Å². The van der Waals surface area contributed by atoms with Crippen LogP contribution in [0.25, 0.3) is 0 Å². The summed E-state index contributed by atoms with van der Waals surface area (Å²) in [5, 5.41) is 9.10. The van der Waals surface area contributed by atoms with Gasteiger partial charge in [-0.2, -0.15) is 0 Å². The van der Waals surface area contributed by atoms with Gasteiger partial charge in [0.2, 0.25) is 0 Å². The summed E-state index contributed by atoms with van der Waals surface area (Å²) in [6.45, 7) is 1.89. The molecule has 0 aromatic heterocycles. The van der Waals surface area contributed by atoms with Crippen LogP contribution in [0.5, 0.6) is 0 Å². The fourth-order valence-electron chi connectivity index (χ4n) is 4.37. The number of carboxylic acid groups (broad SMARTS) is 1. The molecule has 2 fully saturated rings. The van der Waals surface area contributed by atoms with Crippen molar-refractivity contribution in [3.63, 3.8) is 0 Å². The second-order valence-electron chi connectivity index (χ2n) is 5.59. The molecule has 6 atom stereocenters. The first-order chi connectivity index (χ1) is 7.18. The fourth-order valence-corrected chi connectivity index (χ4v) is 4.37. The molecule has 0 aromatic carbocycles. The van der Waals surface area contributed by atoms with E-state index in [1.807, 2.05) is 6.92 Å². The minimum atomic E-state index is -0.602. The lowest BCUT2D eigenvalue weighted by Gasteiger charge is -2.33. The van der Waals surface area contributed by atoms with E-state index < -0.39 is 5.97 Å². The molecule has 3 aliphatic rings. The lowest BCUT2D eigenvalue weighted by Crippen LogP contribution is -2.31. The van der Waals surface area contributed by atoms with Crippen LogP contribution in [-0.4, -0.2) is 11.1 Å². The summed E-state index contributed by atoms with van der Waals surface area (Å²) in [4.78, 5) is 11.0. The standard InChI is InChI=1S/C13H18O2/c1-7(13(14)15)11-5-8-6-12(11)10-4-2-3-9(8)10/h2-3,7-12H,4-6H2,1H3,(H,14,15). The van der Waals surface area contributed by atoms with Gasteiger partial charge in [0.1, 0.15) is 0 Å². The van der Waals surface area contributed by atoms with Gasteiger partial charge in [0, 0.05) is 0 Å². The number of rotatable bonds is 2. The quantitative estimate of drug-likeness (QED) is 0.705. The van der Waals surface area contributed by atoms with Crippen LogP contribution < -0.4 is 0 Å².